The number of carbonyl (C=O) groups excluding carboxylic acids is 1. The van der Waals surface area contributed by atoms with Crippen LogP contribution >= 0.6 is 0 Å². The van der Waals surface area contributed by atoms with Crippen LogP contribution < -0.4 is 9.47 Å². The Balaban J connectivity index is 1.73. The highest BCUT2D eigenvalue weighted by molar-refractivity contribution is 6.04. The molecule has 0 spiro atoms. The molecule has 0 aromatic heterocycles. The second kappa shape index (κ2) is 8.28. The molecule has 176 valence electrons. The van der Waals surface area contributed by atoms with E-state index in [9.17, 15) is 18.0 Å². The lowest BCUT2D eigenvalue weighted by Gasteiger charge is -2.39. The van der Waals surface area contributed by atoms with E-state index >= 15 is 0 Å². The van der Waals surface area contributed by atoms with Gasteiger partial charge in [-0.15, -0.1) is 0 Å². The molecule has 0 bridgehead atoms. The summed E-state index contributed by atoms with van der Waals surface area (Å²) in [4.78, 5) is 21.1. The van der Waals surface area contributed by atoms with Gasteiger partial charge < -0.3 is 19.3 Å². The third-order valence-electron chi connectivity index (χ3n) is 5.67. The van der Waals surface area contributed by atoms with E-state index in [0.717, 1.165) is 12.1 Å². The van der Waals surface area contributed by atoms with Crippen molar-refractivity contribution in [3.8, 4) is 17.2 Å². The van der Waals surface area contributed by atoms with E-state index in [0.29, 0.717) is 49.1 Å². The van der Waals surface area contributed by atoms with E-state index in [1.807, 2.05) is 30.6 Å². The summed E-state index contributed by atoms with van der Waals surface area (Å²) in [7, 11) is 1.54. The maximum atomic E-state index is 13.3. The van der Waals surface area contributed by atoms with E-state index in [1.165, 1.54) is 13.2 Å². The first-order valence-corrected chi connectivity index (χ1v) is 10.7. The van der Waals surface area contributed by atoms with Gasteiger partial charge in [-0.3, -0.25) is 4.79 Å². The Bertz CT molecular complexity index is 1100. The lowest BCUT2D eigenvalue weighted by Crippen LogP contribution is -2.53. The van der Waals surface area contributed by atoms with E-state index in [-0.39, 0.29) is 17.3 Å². The highest BCUT2D eigenvalue weighted by atomic mass is 19.4. The van der Waals surface area contributed by atoms with Crippen molar-refractivity contribution in [3.05, 3.63) is 47.5 Å². The van der Waals surface area contributed by atoms with Crippen LogP contribution in [0.5, 0.6) is 17.2 Å². The maximum absolute atomic E-state index is 13.3. The average molecular weight is 461 g/mol. The monoisotopic (exact) mass is 461 g/mol. The summed E-state index contributed by atoms with van der Waals surface area (Å²) in [6.45, 7) is 7.61. The molecule has 2 aliphatic rings. The molecule has 1 saturated heterocycles. The van der Waals surface area contributed by atoms with E-state index in [1.54, 1.807) is 18.2 Å². The summed E-state index contributed by atoms with van der Waals surface area (Å²) in [6.07, 6.45) is -4.49. The first-order valence-electron chi connectivity index (χ1n) is 10.7. The standard InChI is InChI=1S/C24H26F3N3O3/c1-23(2,3)22(31)30-11-9-29(10-12-30)21-17-14-16(32-4)6-8-19(17)33-20-7-5-15(24(25,26)27)13-18(20)28-21/h5-8,13-14H,9-12H2,1-4H3. The molecule has 9 heteroatoms. The zero-order valence-corrected chi connectivity index (χ0v) is 19.0. The van der Waals surface area contributed by atoms with Crippen molar-refractivity contribution in [2.75, 3.05) is 33.3 Å². The summed E-state index contributed by atoms with van der Waals surface area (Å²) in [5, 5.41) is 0. The minimum absolute atomic E-state index is 0.0653. The Morgan fingerprint density at radius 2 is 1.67 bits per heavy atom. The largest absolute Gasteiger partial charge is 0.497 e. The molecule has 2 heterocycles. The number of rotatable bonds is 1. The van der Waals surface area contributed by atoms with Crippen molar-refractivity contribution < 1.29 is 27.4 Å². The first kappa shape index (κ1) is 22.9. The van der Waals surface area contributed by atoms with E-state index in [2.05, 4.69) is 4.99 Å². The van der Waals surface area contributed by atoms with E-state index < -0.39 is 17.2 Å². The molecule has 0 radical (unpaired) electrons. The van der Waals surface area contributed by atoms with Crippen molar-refractivity contribution in [1.29, 1.82) is 0 Å². The fourth-order valence-corrected chi connectivity index (χ4v) is 3.90. The van der Waals surface area contributed by atoms with Gasteiger partial charge in [-0.25, -0.2) is 4.99 Å². The maximum Gasteiger partial charge on any atom is 0.416 e. The number of amides is 1. The van der Waals surface area contributed by atoms with Crippen LogP contribution in [-0.2, 0) is 11.0 Å². The summed E-state index contributed by atoms with van der Waals surface area (Å²) < 4.78 is 51.3. The fraction of sp³-hybridized carbons (Fsp3) is 0.417. The van der Waals surface area contributed by atoms with Gasteiger partial charge in [0, 0.05) is 31.6 Å². The second-order valence-electron chi connectivity index (χ2n) is 9.11. The van der Waals surface area contributed by atoms with Crippen LogP contribution in [0.3, 0.4) is 0 Å². The normalized spacial score (nSPS) is 16.3. The van der Waals surface area contributed by atoms with Crippen molar-refractivity contribution in [1.82, 2.24) is 9.80 Å². The molecular weight excluding hydrogens is 435 g/mol. The van der Waals surface area contributed by atoms with Crippen LogP contribution in [0.1, 0.15) is 31.9 Å². The Hall–Kier alpha value is -3.23. The average Bonchev–Trinajstić information content (AvgIpc) is 2.93. The van der Waals surface area contributed by atoms with Gasteiger partial charge in [-0.05, 0) is 36.4 Å². The number of carbonyl (C=O) groups is 1. The molecule has 0 unspecified atom stereocenters. The van der Waals surface area contributed by atoms with Crippen LogP contribution in [0.25, 0.3) is 0 Å². The van der Waals surface area contributed by atoms with Gasteiger partial charge in [0.1, 0.15) is 23.0 Å². The van der Waals surface area contributed by atoms with Crippen molar-refractivity contribution in [3.63, 3.8) is 0 Å². The molecule has 0 saturated carbocycles. The zero-order chi connectivity index (χ0) is 24.0. The molecule has 4 rings (SSSR count). The summed E-state index contributed by atoms with van der Waals surface area (Å²) in [5.41, 5.74) is -0.557. The van der Waals surface area contributed by atoms with Crippen LogP contribution in [0, 0.1) is 5.41 Å². The quantitative estimate of drug-likeness (QED) is 0.594. The number of halogens is 3. The fourth-order valence-electron chi connectivity index (χ4n) is 3.90. The third-order valence-corrected chi connectivity index (χ3v) is 5.67. The van der Waals surface area contributed by atoms with Gasteiger partial charge in [-0.1, -0.05) is 20.8 Å². The van der Waals surface area contributed by atoms with Gasteiger partial charge in [0.15, 0.2) is 5.75 Å². The van der Waals surface area contributed by atoms with Crippen molar-refractivity contribution in [2.45, 2.75) is 26.9 Å². The minimum atomic E-state index is -4.49. The number of ether oxygens (including phenoxy) is 2. The molecule has 0 aliphatic carbocycles. The summed E-state index contributed by atoms with van der Waals surface area (Å²) in [6, 6.07) is 8.48. The molecular formula is C24H26F3N3O3. The van der Waals surface area contributed by atoms with Crippen LogP contribution in [0.15, 0.2) is 41.4 Å². The number of piperazine rings is 1. The van der Waals surface area contributed by atoms with Gasteiger partial charge >= 0.3 is 6.18 Å². The zero-order valence-electron chi connectivity index (χ0n) is 19.0. The van der Waals surface area contributed by atoms with Crippen molar-refractivity contribution >= 4 is 17.4 Å². The molecule has 0 N–H and O–H groups in total. The molecule has 2 aromatic rings. The van der Waals surface area contributed by atoms with Crippen LogP contribution in [-0.4, -0.2) is 54.8 Å². The topological polar surface area (TPSA) is 54.4 Å². The third kappa shape index (κ3) is 4.62. The number of nitrogens with zero attached hydrogens (tertiary/aromatic N) is 3. The number of hydrogen-bond donors (Lipinski definition) is 0. The predicted octanol–water partition coefficient (Wildman–Crippen LogP) is 5.09. The molecule has 2 aromatic carbocycles. The molecule has 0 atom stereocenters. The summed E-state index contributed by atoms with van der Waals surface area (Å²) in [5.74, 6) is 1.85. The minimum Gasteiger partial charge on any atom is -0.497 e. The van der Waals surface area contributed by atoms with Crippen LogP contribution in [0.2, 0.25) is 0 Å². The molecule has 6 nitrogen and oxygen atoms in total. The van der Waals surface area contributed by atoms with Gasteiger partial charge in [0.05, 0.1) is 18.2 Å². The SMILES string of the molecule is COc1ccc2c(c1)C(N1CCN(C(=O)C(C)(C)C)CC1)=Nc1cc(C(F)(F)F)ccc1O2. The van der Waals surface area contributed by atoms with Gasteiger partial charge in [0.25, 0.3) is 0 Å². The van der Waals surface area contributed by atoms with E-state index in [4.69, 9.17) is 9.47 Å². The Morgan fingerprint density at radius 3 is 2.27 bits per heavy atom. The molecule has 33 heavy (non-hydrogen) atoms. The van der Waals surface area contributed by atoms with Crippen LogP contribution in [0.4, 0.5) is 18.9 Å². The highest BCUT2D eigenvalue weighted by Gasteiger charge is 2.34. The Morgan fingerprint density at radius 1 is 1.00 bits per heavy atom. The number of benzene rings is 2. The number of fused-ring (bicyclic) bond motifs is 2. The first-order chi connectivity index (χ1) is 15.5. The highest BCUT2D eigenvalue weighted by Crippen LogP contribution is 2.42. The summed E-state index contributed by atoms with van der Waals surface area (Å²) >= 11 is 0. The van der Waals surface area contributed by atoms with Crippen molar-refractivity contribution in [2.24, 2.45) is 10.4 Å². The van der Waals surface area contributed by atoms with Gasteiger partial charge in [-0.2, -0.15) is 13.2 Å². The van der Waals surface area contributed by atoms with Gasteiger partial charge in [0.2, 0.25) is 5.91 Å². The number of alkyl halides is 3. The molecule has 2 aliphatic heterocycles. The molecule has 1 amide bonds. The smallest absolute Gasteiger partial charge is 0.416 e. The second-order valence-corrected chi connectivity index (χ2v) is 9.11. The lowest BCUT2D eigenvalue weighted by molar-refractivity contribution is -0.140. The number of methoxy groups -OCH3 is 1. The Labute approximate surface area is 190 Å². The number of aliphatic imine (C=N–C) groups is 1. The number of amidine groups is 1. The number of hydrogen-bond acceptors (Lipinski definition) is 5. The predicted molar refractivity (Wildman–Crippen MR) is 118 cm³/mol. The Kier molecular flexibility index (Phi) is 5.76. The molecule has 1 fully saturated rings. The lowest BCUT2D eigenvalue weighted by atomic mass is 9.94.